The van der Waals surface area contributed by atoms with Crippen molar-refractivity contribution < 1.29 is 9.90 Å². The number of nitriles is 1. The average molecular weight is 224 g/mol. The van der Waals surface area contributed by atoms with E-state index in [1.807, 2.05) is 13.0 Å². The quantitative estimate of drug-likeness (QED) is 0.753. The minimum atomic E-state index is -0.554. The fraction of sp³-hybridized carbons (Fsp3) is 0.833. The predicted molar refractivity (Wildman–Crippen MR) is 60.4 cm³/mol. The molecule has 1 aliphatic carbocycles. The highest BCUT2D eigenvalue weighted by Crippen LogP contribution is 2.24. The first-order valence-corrected chi connectivity index (χ1v) is 6.03. The molecule has 4 heteroatoms. The number of carbonyl (C=O) groups is 1. The molecule has 3 unspecified atom stereocenters. The Morgan fingerprint density at radius 2 is 2.25 bits per heavy atom. The number of aliphatic hydroxyl groups excluding tert-OH is 1. The van der Waals surface area contributed by atoms with Crippen molar-refractivity contribution in [1.29, 1.82) is 5.26 Å². The molecule has 0 aromatic carbocycles. The maximum atomic E-state index is 11.7. The van der Waals surface area contributed by atoms with Gasteiger partial charge < -0.3 is 10.4 Å². The maximum Gasteiger partial charge on any atom is 0.237 e. The maximum absolute atomic E-state index is 11.7. The summed E-state index contributed by atoms with van der Waals surface area (Å²) in [6, 6.07) is 2.05. The van der Waals surface area contributed by atoms with Crippen molar-refractivity contribution in [2.45, 2.75) is 45.1 Å². The monoisotopic (exact) mass is 224 g/mol. The molecular weight excluding hydrogens is 204 g/mol. The number of nitrogens with zero attached hydrogens (tertiary/aromatic N) is 1. The summed E-state index contributed by atoms with van der Waals surface area (Å²) < 4.78 is 0. The zero-order valence-corrected chi connectivity index (χ0v) is 9.78. The van der Waals surface area contributed by atoms with Crippen LogP contribution in [0.5, 0.6) is 0 Å². The molecule has 2 N–H and O–H groups in total. The third kappa shape index (κ3) is 3.21. The van der Waals surface area contributed by atoms with Crippen molar-refractivity contribution in [3.8, 4) is 6.07 Å². The van der Waals surface area contributed by atoms with E-state index in [0.717, 1.165) is 25.7 Å². The molecule has 1 aliphatic rings. The molecule has 0 bridgehead atoms. The zero-order valence-electron chi connectivity index (χ0n) is 9.78. The summed E-state index contributed by atoms with van der Waals surface area (Å²) in [7, 11) is 0. The number of rotatable bonds is 4. The largest absolute Gasteiger partial charge is 0.396 e. The molecule has 0 saturated heterocycles. The molecule has 0 aromatic rings. The van der Waals surface area contributed by atoms with Gasteiger partial charge in [-0.15, -0.1) is 0 Å². The van der Waals surface area contributed by atoms with Crippen LogP contribution in [-0.2, 0) is 4.79 Å². The van der Waals surface area contributed by atoms with E-state index in [9.17, 15) is 9.90 Å². The normalized spacial score (nSPS) is 26.8. The van der Waals surface area contributed by atoms with Gasteiger partial charge in [0.15, 0.2) is 0 Å². The highest BCUT2D eigenvalue weighted by molar-refractivity contribution is 5.81. The molecule has 16 heavy (non-hydrogen) atoms. The van der Waals surface area contributed by atoms with E-state index >= 15 is 0 Å². The first kappa shape index (κ1) is 13.0. The second kappa shape index (κ2) is 6.49. The van der Waals surface area contributed by atoms with Crippen molar-refractivity contribution in [1.82, 2.24) is 5.32 Å². The molecule has 1 rings (SSSR count). The second-order valence-electron chi connectivity index (χ2n) is 4.43. The second-order valence-corrected chi connectivity index (χ2v) is 4.43. The van der Waals surface area contributed by atoms with Gasteiger partial charge in [0.25, 0.3) is 0 Å². The van der Waals surface area contributed by atoms with Gasteiger partial charge in [0.1, 0.15) is 5.92 Å². The van der Waals surface area contributed by atoms with Gasteiger partial charge in [-0.3, -0.25) is 4.79 Å². The molecule has 4 nitrogen and oxygen atoms in total. The molecule has 0 spiro atoms. The lowest BCUT2D eigenvalue weighted by Gasteiger charge is -2.31. The van der Waals surface area contributed by atoms with Crippen LogP contribution in [0.3, 0.4) is 0 Å². The summed E-state index contributed by atoms with van der Waals surface area (Å²) in [6.07, 6.45) is 4.63. The molecular formula is C12H20N2O2. The van der Waals surface area contributed by atoms with E-state index in [1.165, 1.54) is 0 Å². The summed E-state index contributed by atoms with van der Waals surface area (Å²) >= 11 is 0. The molecule has 1 saturated carbocycles. The standard InChI is InChI=1S/C12H20N2O2/c1-2-9(7-13)12(16)14-11-6-4-3-5-10(11)8-15/h9-11,15H,2-6,8H2,1H3,(H,14,16). The van der Waals surface area contributed by atoms with Crippen LogP contribution >= 0.6 is 0 Å². The number of carbonyl (C=O) groups excluding carboxylic acids is 1. The lowest BCUT2D eigenvalue weighted by molar-refractivity contribution is -0.124. The van der Waals surface area contributed by atoms with E-state index < -0.39 is 5.92 Å². The number of nitrogens with one attached hydrogen (secondary N) is 1. The van der Waals surface area contributed by atoms with Gasteiger partial charge in [-0.05, 0) is 19.3 Å². The Bertz CT molecular complexity index is 273. The van der Waals surface area contributed by atoms with Crippen LogP contribution in [0.15, 0.2) is 0 Å². The van der Waals surface area contributed by atoms with Gasteiger partial charge in [-0.1, -0.05) is 19.8 Å². The van der Waals surface area contributed by atoms with Gasteiger partial charge in [0.05, 0.1) is 6.07 Å². The van der Waals surface area contributed by atoms with Crippen LogP contribution in [0.4, 0.5) is 0 Å². The van der Waals surface area contributed by atoms with Gasteiger partial charge >= 0.3 is 0 Å². The van der Waals surface area contributed by atoms with E-state index in [0.29, 0.717) is 6.42 Å². The Labute approximate surface area is 96.6 Å². The minimum Gasteiger partial charge on any atom is -0.396 e. The summed E-state index contributed by atoms with van der Waals surface area (Å²) in [6.45, 7) is 1.95. The van der Waals surface area contributed by atoms with Gasteiger partial charge in [0.2, 0.25) is 5.91 Å². The highest BCUT2D eigenvalue weighted by Gasteiger charge is 2.27. The lowest BCUT2D eigenvalue weighted by Crippen LogP contribution is -2.45. The van der Waals surface area contributed by atoms with Crippen LogP contribution in [-0.4, -0.2) is 23.7 Å². The van der Waals surface area contributed by atoms with Gasteiger partial charge in [0, 0.05) is 18.6 Å². The van der Waals surface area contributed by atoms with E-state index in [-0.39, 0.29) is 24.5 Å². The Hall–Kier alpha value is -1.08. The molecule has 90 valence electrons. The Balaban J connectivity index is 2.51. The molecule has 3 atom stereocenters. The van der Waals surface area contributed by atoms with E-state index in [2.05, 4.69) is 5.32 Å². The molecule has 0 heterocycles. The van der Waals surface area contributed by atoms with Gasteiger partial charge in [-0.25, -0.2) is 0 Å². The minimum absolute atomic E-state index is 0.0497. The molecule has 0 radical (unpaired) electrons. The summed E-state index contributed by atoms with van der Waals surface area (Å²) in [5, 5.41) is 20.9. The third-order valence-corrected chi connectivity index (χ3v) is 3.35. The summed E-state index contributed by atoms with van der Waals surface area (Å²) in [5.74, 6) is -0.578. The van der Waals surface area contributed by atoms with Crippen molar-refractivity contribution >= 4 is 5.91 Å². The van der Waals surface area contributed by atoms with Crippen molar-refractivity contribution in [3.63, 3.8) is 0 Å². The van der Waals surface area contributed by atoms with E-state index in [1.54, 1.807) is 0 Å². The Morgan fingerprint density at radius 1 is 1.56 bits per heavy atom. The fourth-order valence-corrected chi connectivity index (χ4v) is 2.23. The van der Waals surface area contributed by atoms with Crippen LogP contribution in [0, 0.1) is 23.2 Å². The Kier molecular flexibility index (Phi) is 5.27. The van der Waals surface area contributed by atoms with Gasteiger partial charge in [-0.2, -0.15) is 5.26 Å². The van der Waals surface area contributed by atoms with Crippen LogP contribution in [0.2, 0.25) is 0 Å². The Morgan fingerprint density at radius 3 is 2.81 bits per heavy atom. The molecule has 0 aromatic heterocycles. The smallest absolute Gasteiger partial charge is 0.237 e. The first-order valence-electron chi connectivity index (χ1n) is 6.03. The highest BCUT2D eigenvalue weighted by atomic mass is 16.3. The van der Waals surface area contributed by atoms with Crippen molar-refractivity contribution in [2.75, 3.05) is 6.61 Å². The van der Waals surface area contributed by atoms with Crippen LogP contribution in [0.25, 0.3) is 0 Å². The predicted octanol–water partition coefficient (Wildman–Crippen LogP) is 1.20. The van der Waals surface area contributed by atoms with Crippen LogP contribution in [0.1, 0.15) is 39.0 Å². The number of amides is 1. The molecule has 1 amide bonds. The SMILES string of the molecule is CCC(C#N)C(=O)NC1CCCCC1CO. The summed E-state index contributed by atoms with van der Waals surface area (Å²) in [4.78, 5) is 11.7. The topological polar surface area (TPSA) is 73.1 Å². The van der Waals surface area contributed by atoms with Crippen LogP contribution < -0.4 is 5.32 Å². The number of hydrogen-bond acceptors (Lipinski definition) is 3. The number of aliphatic hydroxyl groups is 1. The van der Waals surface area contributed by atoms with Crippen molar-refractivity contribution in [3.05, 3.63) is 0 Å². The molecule has 1 fully saturated rings. The third-order valence-electron chi connectivity index (χ3n) is 3.35. The number of hydrogen-bond donors (Lipinski definition) is 2. The van der Waals surface area contributed by atoms with E-state index in [4.69, 9.17) is 5.26 Å². The lowest BCUT2D eigenvalue weighted by atomic mass is 9.84. The fourth-order valence-electron chi connectivity index (χ4n) is 2.23. The molecule has 0 aliphatic heterocycles. The first-order chi connectivity index (χ1) is 7.72. The average Bonchev–Trinajstić information content (AvgIpc) is 2.31. The zero-order chi connectivity index (χ0) is 12.0. The van der Waals surface area contributed by atoms with Crippen molar-refractivity contribution in [2.24, 2.45) is 11.8 Å². The summed E-state index contributed by atoms with van der Waals surface area (Å²) in [5.41, 5.74) is 0.